The van der Waals surface area contributed by atoms with E-state index in [0.29, 0.717) is 30.5 Å². The van der Waals surface area contributed by atoms with E-state index in [1.54, 1.807) is 18.2 Å². The fourth-order valence-corrected chi connectivity index (χ4v) is 2.76. The summed E-state index contributed by atoms with van der Waals surface area (Å²) in [5, 5.41) is 20.7. The number of nitrogens with zero attached hydrogens (tertiary/aromatic N) is 1. The highest BCUT2D eigenvalue weighted by molar-refractivity contribution is 9.10. The molecule has 2 rings (SSSR count). The third kappa shape index (κ3) is 3.17. The summed E-state index contributed by atoms with van der Waals surface area (Å²) < 4.78 is 0.763. The first kappa shape index (κ1) is 14.5. The number of carbonyl (C=O) groups is 2. The number of hydrogen-bond acceptors (Lipinski definition) is 3. The zero-order chi connectivity index (χ0) is 14.7. The fourth-order valence-electron chi connectivity index (χ4n) is 2.40. The molecule has 0 spiro atoms. The van der Waals surface area contributed by atoms with Crippen molar-refractivity contribution >= 4 is 33.5 Å². The number of amides is 1. The molecule has 0 radical (unpaired) electrons. The SMILES string of the molecule is N#Cc1cc(Br)ccc1NC(=O)[C@@H]1CC[C@H](C(=O)O)C1. The average Bonchev–Trinajstić information content (AvgIpc) is 2.90. The van der Waals surface area contributed by atoms with Gasteiger partial charge in [0.25, 0.3) is 0 Å². The molecule has 2 atom stereocenters. The predicted molar refractivity (Wildman–Crippen MR) is 76.0 cm³/mol. The molecule has 6 heteroatoms. The van der Waals surface area contributed by atoms with Gasteiger partial charge in [0, 0.05) is 10.4 Å². The molecule has 0 heterocycles. The summed E-state index contributed by atoms with van der Waals surface area (Å²) in [7, 11) is 0. The molecule has 1 aromatic carbocycles. The Bertz CT molecular complexity index is 595. The summed E-state index contributed by atoms with van der Waals surface area (Å²) in [5.74, 6) is -1.80. The van der Waals surface area contributed by atoms with Crippen molar-refractivity contribution in [3.8, 4) is 6.07 Å². The zero-order valence-electron chi connectivity index (χ0n) is 10.6. The van der Waals surface area contributed by atoms with Gasteiger partial charge in [-0.1, -0.05) is 15.9 Å². The number of carbonyl (C=O) groups excluding carboxylic acids is 1. The maximum atomic E-state index is 12.1. The van der Waals surface area contributed by atoms with E-state index < -0.39 is 11.9 Å². The van der Waals surface area contributed by atoms with Crippen molar-refractivity contribution in [3.63, 3.8) is 0 Å². The zero-order valence-corrected chi connectivity index (χ0v) is 12.2. The quantitative estimate of drug-likeness (QED) is 0.887. The van der Waals surface area contributed by atoms with Crippen molar-refractivity contribution in [2.45, 2.75) is 19.3 Å². The summed E-state index contributed by atoms with van der Waals surface area (Å²) in [6.07, 6.45) is 1.46. The van der Waals surface area contributed by atoms with Gasteiger partial charge < -0.3 is 10.4 Å². The minimum Gasteiger partial charge on any atom is -0.481 e. The number of halogens is 1. The van der Waals surface area contributed by atoms with Gasteiger partial charge in [0.05, 0.1) is 17.2 Å². The normalized spacial score (nSPS) is 21.2. The summed E-state index contributed by atoms with van der Waals surface area (Å²) in [5.41, 5.74) is 0.833. The highest BCUT2D eigenvalue weighted by Gasteiger charge is 2.33. The largest absolute Gasteiger partial charge is 0.481 e. The first-order valence-electron chi connectivity index (χ1n) is 6.24. The third-order valence-corrected chi connectivity index (χ3v) is 4.01. The van der Waals surface area contributed by atoms with E-state index in [1.807, 2.05) is 6.07 Å². The molecule has 1 amide bonds. The molecule has 0 aromatic heterocycles. The molecule has 1 saturated carbocycles. The Morgan fingerprint density at radius 2 is 2.05 bits per heavy atom. The number of benzene rings is 1. The number of carboxylic acids is 1. The first-order chi connectivity index (χ1) is 9.51. The van der Waals surface area contributed by atoms with Crippen molar-refractivity contribution in [1.82, 2.24) is 0 Å². The minimum absolute atomic E-state index is 0.215. The lowest BCUT2D eigenvalue weighted by Gasteiger charge is -2.12. The molecule has 1 aromatic rings. The lowest BCUT2D eigenvalue weighted by atomic mass is 10.0. The molecule has 0 saturated heterocycles. The van der Waals surface area contributed by atoms with E-state index in [9.17, 15) is 9.59 Å². The van der Waals surface area contributed by atoms with Crippen LogP contribution in [0.1, 0.15) is 24.8 Å². The second-order valence-corrected chi connectivity index (χ2v) is 5.75. The van der Waals surface area contributed by atoms with Crippen molar-refractivity contribution in [3.05, 3.63) is 28.2 Å². The van der Waals surface area contributed by atoms with Gasteiger partial charge in [-0.25, -0.2) is 0 Å². The lowest BCUT2D eigenvalue weighted by molar-refractivity contribution is -0.141. The molecule has 0 aliphatic heterocycles. The number of nitrogens with one attached hydrogen (secondary N) is 1. The molecule has 20 heavy (non-hydrogen) atoms. The van der Waals surface area contributed by atoms with Crippen molar-refractivity contribution < 1.29 is 14.7 Å². The highest BCUT2D eigenvalue weighted by atomic mass is 79.9. The van der Waals surface area contributed by atoms with Crippen LogP contribution in [-0.2, 0) is 9.59 Å². The minimum atomic E-state index is -0.846. The molecule has 104 valence electrons. The van der Waals surface area contributed by atoms with Gasteiger partial charge in [-0.2, -0.15) is 5.26 Å². The molecule has 1 fully saturated rings. The van der Waals surface area contributed by atoms with E-state index in [4.69, 9.17) is 10.4 Å². The third-order valence-electron chi connectivity index (χ3n) is 3.51. The van der Waals surface area contributed by atoms with Gasteiger partial charge in [0.2, 0.25) is 5.91 Å². The van der Waals surface area contributed by atoms with Crippen LogP contribution in [0.15, 0.2) is 22.7 Å². The Labute approximate surface area is 124 Å². The molecular formula is C14H13BrN2O3. The van der Waals surface area contributed by atoms with Crippen LogP contribution in [0.3, 0.4) is 0 Å². The molecule has 0 unspecified atom stereocenters. The Hall–Kier alpha value is -1.87. The maximum absolute atomic E-state index is 12.1. The lowest BCUT2D eigenvalue weighted by Crippen LogP contribution is -2.22. The van der Waals surface area contributed by atoms with E-state index in [1.165, 1.54) is 0 Å². The summed E-state index contributed by atoms with van der Waals surface area (Å²) in [4.78, 5) is 23.0. The monoisotopic (exact) mass is 336 g/mol. The Balaban J connectivity index is 2.06. The molecule has 1 aliphatic rings. The standard InChI is InChI=1S/C14H13BrN2O3/c15-11-3-4-12(10(6-11)7-16)17-13(18)8-1-2-9(5-8)14(19)20/h3-4,6,8-9H,1-2,5H2,(H,17,18)(H,19,20)/t8-,9+/m1/s1. The molecule has 5 nitrogen and oxygen atoms in total. The first-order valence-corrected chi connectivity index (χ1v) is 7.04. The summed E-state index contributed by atoms with van der Waals surface area (Å²) in [6.45, 7) is 0. The number of carboxylic acid groups (broad SMARTS) is 1. The van der Waals surface area contributed by atoms with Gasteiger partial charge in [0.15, 0.2) is 0 Å². The van der Waals surface area contributed by atoms with Crippen molar-refractivity contribution in [2.24, 2.45) is 11.8 Å². The maximum Gasteiger partial charge on any atom is 0.306 e. The second kappa shape index (κ2) is 6.06. The van der Waals surface area contributed by atoms with E-state index in [-0.39, 0.29) is 11.8 Å². The van der Waals surface area contributed by atoms with Crippen molar-refractivity contribution in [1.29, 1.82) is 5.26 Å². The van der Waals surface area contributed by atoms with Crippen LogP contribution in [0.2, 0.25) is 0 Å². The number of aliphatic carboxylic acids is 1. The van der Waals surface area contributed by atoms with Gasteiger partial charge in [-0.3, -0.25) is 9.59 Å². The Morgan fingerprint density at radius 3 is 2.65 bits per heavy atom. The van der Waals surface area contributed by atoms with Crippen LogP contribution in [0.5, 0.6) is 0 Å². The Morgan fingerprint density at radius 1 is 1.35 bits per heavy atom. The topological polar surface area (TPSA) is 90.2 Å². The second-order valence-electron chi connectivity index (χ2n) is 4.84. The van der Waals surface area contributed by atoms with E-state index >= 15 is 0 Å². The van der Waals surface area contributed by atoms with Crippen molar-refractivity contribution in [2.75, 3.05) is 5.32 Å². The van der Waals surface area contributed by atoms with Gasteiger partial charge in [-0.15, -0.1) is 0 Å². The van der Waals surface area contributed by atoms with Crippen LogP contribution in [0.4, 0.5) is 5.69 Å². The fraction of sp³-hybridized carbons (Fsp3) is 0.357. The smallest absolute Gasteiger partial charge is 0.306 e. The number of hydrogen-bond donors (Lipinski definition) is 2. The van der Waals surface area contributed by atoms with Crippen LogP contribution < -0.4 is 5.32 Å². The molecule has 2 N–H and O–H groups in total. The number of nitriles is 1. The van der Waals surface area contributed by atoms with Gasteiger partial charge in [-0.05, 0) is 37.5 Å². The summed E-state index contributed by atoms with van der Waals surface area (Å²) >= 11 is 3.26. The molecular weight excluding hydrogens is 324 g/mol. The molecule has 1 aliphatic carbocycles. The van der Waals surface area contributed by atoms with E-state index in [0.717, 1.165) is 4.47 Å². The Kier molecular flexibility index (Phi) is 4.40. The van der Waals surface area contributed by atoms with Crippen LogP contribution in [0.25, 0.3) is 0 Å². The van der Waals surface area contributed by atoms with Crippen LogP contribution in [-0.4, -0.2) is 17.0 Å². The van der Waals surface area contributed by atoms with E-state index in [2.05, 4.69) is 21.2 Å². The average molecular weight is 337 g/mol. The summed E-state index contributed by atoms with van der Waals surface area (Å²) in [6, 6.07) is 7.05. The highest BCUT2D eigenvalue weighted by Crippen LogP contribution is 2.32. The van der Waals surface area contributed by atoms with Gasteiger partial charge >= 0.3 is 5.97 Å². The van der Waals surface area contributed by atoms with Crippen LogP contribution in [0, 0.1) is 23.2 Å². The number of anilines is 1. The predicted octanol–water partition coefficient (Wildman–Crippen LogP) is 2.76. The van der Waals surface area contributed by atoms with Gasteiger partial charge in [0.1, 0.15) is 6.07 Å². The molecule has 0 bridgehead atoms. The van der Waals surface area contributed by atoms with Crippen LogP contribution >= 0.6 is 15.9 Å². The number of rotatable bonds is 3.